The van der Waals surface area contributed by atoms with Gasteiger partial charge in [0.25, 0.3) is 5.91 Å². The van der Waals surface area contributed by atoms with Crippen LogP contribution in [0.25, 0.3) is 0 Å². The molecule has 3 aromatic rings. The number of halogens is 2. The van der Waals surface area contributed by atoms with Gasteiger partial charge in [-0.05, 0) is 51.3 Å². The number of hydrogen-bond donors (Lipinski definition) is 1. The maximum absolute atomic E-state index is 12.3. The fourth-order valence-electron chi connectivity index (χ4n) is 2.32. The van der Waals surface area contributed by atoms with Gasteiger partial charge in [0.05, 0.1) is 5.56 Å². The monoisotopic (exact) mass is 430 g/mol. The average molecular weight is 432 g/mol. The number of hydrogen-bond acceptors (Lipinski definition) is 3. The standard InChI is InChI=1S/C20H16BrClN2O2/c21-18-7-6-16(22)11-17(18)20(25)24-12-15-8-9-23-19(10-15)26-13-14-4-2-1-3-5-14/h1-11H,12-13H2,(H,24,25). The molecule has 4 nitrogen and oxygen atoms in total. The molecular formula is C20H16BrClN2O2. The average Bonchev–Trinajstić information content (AvgIpc) is 2.67. The van der Waals surface area contributed by atoms with Gasteiger partial charge in [-0.1, -0.05) is 41.9 Å². The van der Waals surface area contributed by atoms with Gasteiger partial charge in [-0.2, -0.15) is 0 Å². The lowest BCUT2D eigenvalue weighted by atomic mass is 10.2. The first kappa shape index (κ1) is 18.4. The van der Waals surface area contributed by atoms with Crippen molar-refractivity contribution >= 4 is 33.4 Å². The van der Waals surface area contributed by atoms with Gasteiger partial charge < -0.3 is 10.1 Å². The maximum atomic E-state index is 12.3. The number of aromatic nitrogens is 1. The van der Waals surface area contributed by atoms with Gasteiger partial charge >= 0.3 is 0 Å². The Morgan fingerprint density at radius 3 is 2.69 bits per heavy atom. The van der Waals surface area contributed by atoms with Crippen molar-refractivity contribution < 1.29 is 9.53 Å². The lowest BCUT2D eigenvalue weighted by molar-refractivity contribution is 0.0950. The van der Waals surface area contributed by atoms with Crippen molar-refractivity contribution in [3.05, 3.63) is 93.0 Å². The molecule has 0 radical (unpaired) electrons. The number of nitrogens with one attached hydrogen (secondary N) is 1. The summed E-state index contributed by atoms with van der Waals surface area (Å²) in [4.78, 5) is 16.5. The van der Waals surface area contributed by atoms with Crippen LogP contribution in [-0.4, -0.2) is 10.9 Å². The van der Waals surface area contributed by atoms with Crippen molar-refractivity contribution in [2.45, 2.75) is 13.2 Å². The summed E-state index contributed by atoms with van der Waals surface area (Å²) in [6.45, 7) is 0.807. The molecule has 0 bridgehead atoms. The Morgan fingerprint density at radius 1 is 1.08 bits per heavy atom. The van der Waals surface area contributed by atoms with E-state index in [1.807, 2.05) is 42.5 Å². The number of benzene rings is 2. The molecule has 0 aliphatic carbocycles. The summed E-state index contributed by atoms with van der Waals surface area (Å²) in [5.74, 6) is 0.312. The van der Waals surface area contributed by atoms with Crippen LogP contribution in [0.2, 0.25) is 5.02 Å². The molecule has 1 N–H and O–H groups in total. The van der Waals surface area contributed by atoms with Crippen LogP contribution in [0.4, 0.5) is 0 Å². The van der Waals surface area contributed by atoms with Crippen LogP contribution in [0.1, 0.15) is 21.5 Å². The predicted octanol–water partition coefficient (Wildman–Crippen LogP) is 5.01. The summed E-state index contributed by atoms with van der Waals surface area (Å²) in [6.07, 6.45) is 1.66. The normalized spacial score (nSPS) is 10.4. The Kier molecular flexibility index (Phi) is 6.26. The molecule has 0 unspecified atom stereocenters. The zero-order valence-electron chi connectivity index (χ0n) is 13.8. The molecule has 0 aliphatic rings. The highest BCUT2D eigenvalue weighted by molar-refractivity contribution is 9.10. The molecule has 2 aromatic carbocycles. The molecule has 0 fully saturated rings. The lowest BCUT2D eigenvalue weighted by Crippen LogP contribution is -2.23. The lowest BCUT2D eigenvalue weighted by Gasteiger charge is -2.09. The van der Waals surface area contributed by atoms with Gasteiger partial charge in [0, 0.05) is 28.3 Å². The highest BCUT2D eigenvalue weighted by atomic mass is 79.9. The quantitative estimate of drug-likeness (QED) is 0.597. The SMILES string of the molecule is O=C(NCc1ccnc(OCc2ccccc2)c1)c1cc(Cl)ccc1Br. The van der Waals surface area contributed by atoms with Crippen molar-refractivity contribution in [2.24, 2.45) is 0 Å². The van der Waals surface area contributed by atoms with Gasteiger partial charge in [0.15, 0.2) is 0 Å². The molecule has 6 heteroatoms. The van der Waals surface area contributed by atoms with E-state index < -0.39 is 0 Å². The second-order valence-electron chi connectivity index (χ2n) is 5.58. The first-order valence-electron chi connectivity index (χ1n) is 7.97. The van der Waals surface area contributed by atoms with Crippen LogP contribution in [0.15, 0.2) is 71.3 Å². The Morgan fingerprint density at radius 2 is 1.88 bits per heavy atom. The van der Waals surface area contributed by atoms with E-state index in [0.29, 0.717) is 34.1 Å². The Labute approximate surface area is 165 Å². The van der Waals surface area contributed by atoms with Gasteiger partial charge in [-0.15, -0.1) is 0 Å². The van der Waals surface area contributed by atoms with Crippen molar-refractivity contribution in [2.75, 3.05) is 0 Å². The zero-order chi connectivity index (χ0) is 18.4. The molecule has 0 saturated carbocycles. The molecule has 3 rings (SSSR count). The van der Waals surface area contributed by atoms with E-state index in [9.17, 15) is 4.79 Å². The third kappa shape index (κ3) is 5.07. The number of rotatable bonds is 6. The van der Waals surface area contributed by atoms with Crippen molar-refractivity contribution in [1.82, 2.24) is 10.3 Å². The van der Waals surface area contributed by atoms with E-state index >= 15 is 0 Å². The van der Waals surface area contributed by atoms with Gasteiger partial charge in [-0.25, -0.2) is 4.98 Å². The van der Waals surface area contributed by atoms with Crippen LogP contribution in [0.3, 0.4) is 0 Å². The van der Waals surface area contributed by atoms with Gasteiger partial charge in [0.1, 0.15) is 6.61 Å². The third-order valence-corrected chi connectivity index (χ3v) is 4.58. The molecule has 1 aromatic heterocycles. The summed E-state index contributed by atoms with van der Waals surface area (Å²) in [5, 5.41) is 3.39. The summed E-state index contributed by atoms with van der Waals surface area (Å²) in [5.41, 5.74) is 2.46. The minimum absolute atomic E-state index is 0.206. The van der Waals surface area contributed by atoms with Crippen molar-refractivity contribution in [1.29, 1.82) is 0 Å². The molecule has 0 aliphatic heterocycles. The van der Waals surface area contributed by atoms with E-state index in [0.717, 1.165) is 11.1 Å². The highest BCUT2D eigenvalue weighted by Gasteiger charge is 2.10. The number of amides is 1. The molecule has 132 valence electrons. The van der Waals surface area contributed by atoms with E-state index in [1.54, 1.807) is 24.4 Å². The highest BCUT2D eigenvalue weighted by Crippen LogP contribution is 2.21. The molecular weight excluding hydrogens is 416 g/mol. The predicted molar refractivity (Wildman–Crippen MR) is 105 cm³/mol. The zero-order valence-corrected chi connectivity index (χ0v) is 16.1. The molecule has 0 spiro atoms. The van der Waals surface area contributed by atoms with Crippen LogP contribution in [-0.2, 0) is 13.2 Å². The first-order valence-corrected chi connectivity index (χ1v) is 9.14. The number of nitrogens with zero attached hydrogens (tertiary/aromatic N) is 1. The maximum Gasteiger partial charge on any atom is 0.252 e. The van der Waals surface area contributed by atoms with E-state index in [-0.39, 0.29) is 5.91 Å². The van der Waals surface area contributed by atoms with Gasteiger partial charge in [-0.3, -0.25) is 4.79 Å². The Bertz CT molecular complexity index is 903. The fraction of sp³-hybridized carbons (Fsp3) is 0.100. The molecule has 1 amide bonds. The summed E-state index contributed by atoms with van der Waals surface area (Å²) in [7, 11) is 0. The minimum atomic E-state index is -0.206. The summed E-state index contributed by atoms with van der Waals surface area (Å²) in [6, 6.07) is 18.6. The molecule has 0 atom stereocenters. The van der Waals surface area contributed by atoms with E-state index in [4.69, 9.17) is 16.3 Å². The van der Waals surface area contributed by atoms with Crippen molar-refractivity contribution in [3.8, 4) is 5.88 Å². The van der Waals surface area contributed by atoms with Crippen LogP contribution in [0, 0.1) is 0 Å². The second kappa shape index (κ2) is 8.83. The summed E-state index contributed by atoms with van der Waals surface area (Å²) >= 11 is 9.32. The Balaban J connectivity index is 1.60. The van der Waals surface area contributed by atoms with Gasteiger partial charge in [0.2, 0.25) is 5.88 Å². The molecule has 0 saturated heterocycles. The Hall–Kier alpha value is -2.37. The number of carbonyl (C=O) groups excluding carboxylic acids is 1. The van der Waals surface area contributed by atoms with Crippen LogP contribution in [0.5, 0.6) is 5.88 Å². The fourth-order valence-corrected chi connectivity index (χ4v) is 2.92. The number of ether oxygens (including phenoxy) is 1. The van der Waals surface area contributed by atoms with Crippen molar-refractivity contribution in [3.63, 3.8) is 0 Å². The summed E-state index contributed by atoms with van der Waals surface area (Å²) < 4.78 is 6.41. The first-order chi connectivity index (χ1) is 12.6. The topological polar surface area (TPSA) is 51.2 Å². The van der Waals surface area contributed by atoms with Crippen LogP contribution < -0.4 is 10.1 Å². The molecule has 1 heterocycles. The van der Waals surface area contributed by atoms with E-state index in [2.05, 4.69) is 26.2 Å². The van der Waals surface area contributed by atoms with E-state index in [1.165, 1.54) is 0 Å². The smallest absolute Gasteiger partial charge is 0.252 e. The third-order valence-electron chi connectivity index (χ3n) is 3.65. The minimum Gasteiger partial charge on any atom is -0.473 e. The van der Waals surface area contributed by atoms with Crippen LogP contribution >= 0.6 is 27.5 Å². The number of pyridine rings is 1. The second-order valence-corrected chi connectivity index (χ2v) is 6.87. The largest absolute Gasteiger partial charge is 0.473 e. The number of carbonyl (C=O) groups is 1. The molecule has 26 heavy (non-hydrogen) atoms.